The van der Waals surface area contributed by atoms with Gasteiger partial charge >= 0.3 is 0 Å². The fraction of sp³-hybridized carbons (Fsp3) is 0.429. The van der Waals surface area contributed by atoms with Crippen LogP contribution in [-0.4, -0.2) is 23.1 Å². The van der Waals surface area contributed by atoms with Gasteiger partial charge in [-0.15, -0.1) is 0 Å². The second kappa shape index (κ2) is 5.13. The highest BCUT2D eigenvalue weighted by molar-refractivity contribution is 6.02. The number of carbonyl (C=O) groups is 2. The smallest absolute Gasteiger partial charge is 0.233 e. The van der Waals surface area contributed by atoms with Crippen molar-refractivity contribution < 1.29 is 9.59 Å². The first-order chi connectivity index (χ1) is 8.22. The summed E-state index contributed by atoms with van der Waals surface area (Å²) in [5.41, 5.74) is 1.12. The molecule has 3 nitrogen and oxygen atoms in total. The van der Waals surface area contributed by atoms with Crippen molar-refractivity contribution in [3.8, 4) is 0 Å². The molecule has 1 amide bonds. The molecule has 0 saturated carbocycles. The van der Waals surface area contributed by atoms with E-state index in [1.165, 1.54) is 0 Å². The summed E-state index contributed by atoms with van der Waals surface area (Å²) in [7, 11) is 0. The highest BCUT2D eigenvalue weighted by atomic mass is 16.2. The van der Waals surface area contributed by atoms with Crippen LogP contribution >= 0.6 is 0 Å². The molecule has 0 bridgehead atoms. The van der Waals surface area contributed by atoms with Gasteiger partial charge < -0.3 is 4.90 Å². The minimum atomic E-state index is -0.385. The number of Topliss-reactive ketones (excluding diaryl/α,β-unsaturated/α-hetero) is 1. The van der Waals surface area contributed by atoms with Crippen LogP contribution in [0.4, 0.5) is 0 Å². The average molecular weight is 231 g/mol. The molecular formula is C14H17NO2. The Bertz CT molecular complexity index is 413. The Morgan fingerprint density at radius 3 is 2.71 bits per heavy atom. The van der Waals surface area contributed by atoms with Crippen LogP contribution in [0.5, 0.6) is 0 Å². The number of benzene rings is 1. The van der Waals surface area contributed by atoms with E-state index in [0.717, 1.165) is 5.56 Å². The molecule has 2 rings (SSSR count). The number of hydrogen-bond acceptors (Lipinski definition) is 2. The Labute approximate surface area is 101 Å². The van der Waals surface area contributed by atoms with E-state index >= 15 is 0 Å². The van der Waals surface area contributed by atoms with E-state index < -0.39 is 0 Å². The average Bonchev–Trinajstić information content (AvgIpc) is 2.72. The molecule has 3 heteroatoms. The summed E-state index contributed by atoms with van der Waals surface area (Å²) in [5, 5.41) is 0. The maximum atomic E-state index is 12.0. The first kappa shape index (κ1) is 11.8. The number of ketones is 1. The standard InChI is InChI=1S/C14H17NO2/c1-2-13(16)12-8-9-15(14(12)17)10-11-6-4-3-5-7-11/h3-7,12H,2,8-10H2,1H3. The van der Waals surface area contributed by atoms with Gasteiger partial charge in [-0.1, -0.05) is 37.3 Å². The van der Waals surface area contributed by atoms with E-state index in [2.05, 4.69) is 0 Å². The first-order valence-electron chi connectivity index (χ1n) is 6.07. The van der Waals surface area contributed by atoms with E-state index in [1.807, 2.05) is 37.3 Å². The Balaban J connectivity index is 2.01. The molecule has 0 spiro atoms. The molecule has 1 heterocycles. The lowest BCUT2D eigenvalue weighted by Crippen LogP contribution is -2.29. The van der Waals surface area contributed by atoms with Crippen molar-refractivity contribution in [1.82, 2.24) is 4.90 Å². The van der Waals surface area contributed by atoms with E-state index in [1.54, 1.807) is 4.90 Å². The molecule has 1 aliphatic rings. The monoisotopic (exact) mass is 231 g/mol. The van der Waals surface area contributed by atoms with Crippen LogP contribution in [-0.2, 0) is 16.1 Å². The number of nitrogens with zero attached hydrogens (tertiary/aromatic N) is 1. The lowest BCUT2D eigenvalue weighted by Gasteiger charge is -2.16. The highest BCUT2D eigenvalue weighted by Gasteiger charge is 2.35. The Morgan fingerprint density at radius 1 is 1.35 bits per heavy atom. The SMILES string of the molecule is CCC(=O)C1CCN(Cc2ccccc2)C1=O. The van der Waals surface area contributed by atoms with Crippen LogP contribution in [0.2, 0.25) is 0 Å². The van der Waals surface area contributed by atoms with Gasteiger partial charge in [0.1, 0.15) is 5.78 Å². The number of carbonyl (C=O) groups excluding carboxylic acids is 2. The molecule has 1 aromatic rings. The lowest BCUT2D eigenvalue weighted by molar-refractivity contribution is -0.137. The summed E-state index contributed by atoms with van der Waals surface area (Å²) in [6, 6.07) is 9.89. The molecular weight excluding hydrogens is 214 g/mol. The molecule has 0 aromatic heterocycles. The quantitative estimate of drug-likeness (QED) is 0.743. The second-order valence-electron chi connectivity index (χ2n) is 4.41. The van der Waals surface area contributed by atoms with Crippen molar-refractivity contribution >= 4 is 11.7 Å². The fourth-order valence-corrected chi connectivity index (χ4v) is 2.24. The Morgan fingerprint density at radius 2 is 2.06 bits per heavy atom. The molecule has 1 atom stereocenters. The summed E-state index contributed by atoms with van der Waals surface area (Å²) < 4.78 is 0. The van der Waals surface area contributed by atoms with Gasteiger partial charge in [-0.25, -0.2) is 0 Å². The van der Waals surface area contributed by atoms with E-state index in [4.69, 9.17) is 0 Å². The molecule has 1 saturated heterocycles. The van der Waals surface area contributed by atoms with Crippen LogP contribution in [0.15, 0.2) is 30.3 Å². The van der Waals surface area contributed by atoms with Gasteiger partial charge in [0.05, 0.1) is 5.92 Å². The predicted molar refractivity (Wildman–Crippen MR) is 65.3 cm³/mol. The number of likely N-dealkylation sites (tertiary alicyclic amines) is 1. The van der Waals surface area contributed by atoms with Crippen LogP contribution in [0.1, 0.15) is 25.3 Å². The third-order valence-electron chi connectivity index (χ3n) is 3.25. The molecule has 1 aromatic carbocycles. The minimum Gasteiger partial charge on any atom is -0.338 e. The molecule has 0 N–H and O–H groups in total. The summed E-state index contributed by atoms with van der Waals surface area (Å²) in [5.74, 6) is -0.310. The molecule has 0 radical (unpaired) electrons. The summed E-state index contributed by atoms with van der Waals surface area (Å²) in [6.07, 6.45) is 1.13. The van der Waals surface area contributed by atoms with Crippen molar-refractivity contribution in [3.05, 3.63) is 35.9 Å². The van der Waals surface area contributed by atoms with Gasteiger partial charge in [-0.3, -0.25) is 9.59 Å². The topological polar surface area (TPSA) is 37.4 Å². The summed E-state index contributed by atoms with van der Waals surface area (Å²) in [4.78, 5) is 25.4. The largest absolute Gasteiger partial charge is 0.338 e. The third-order valence-corrected chi connectivity index (χ3v) is 3.25. The van der Waals surface area contributed by atoms with Crippen LogP contribution in [0.25, 0.3) is 0 Å². The van der Waals surface area contributed by atoms with Crippen LogP contribution in [0.3, 0.4) is 0 Å². The number of amides is 1. The zero-order valence-corrected chi connectivity index (χ0v) is 10.1. The molecule has 1 fully saturated rings. The van der Waals surface area contributed by atoms with Crippen LogP contribution in [0, 0.1) is 5.92 Å². The van der Waals surface area contributed by atoms with Crippen molar-refractivity contribution in [2.75, 3.05) is 6.54 Å². The van der Waals surface area contributed by atoms with Crippen molar-refractivity contribution in [2.24, 2.45) is 5.92 Å². The minimum absolute atomic E-state index is 0.000651. The van der Waals surface area contributed by atoms with E-state index in [-0.39, 0.29) is 17.6 Å². The van der Waals surface area contributed by atoms with Gasteiger partial charge in [-0.05, 0) is 12.0 Å². The summed E-state index contributed by atoms with van der Waals surface area (Å²) in [6.45, 7) is 3.13. The molecule has 90 valence electrons. The zero-order valence-electron chi connectivity index (χ0n) is 10.1. The van der Waals surface area contributed by atoms with Gasteiger partial charge in [0.15, 0.2) is 0 Å². The number of rotatable bonds is 4. The highest BCUT2D eigenvalue weighted by Crippen LogP contribution is 2.22. The van der Waals surface area contributed by atoms with E-state index in [9.17, 15) is 9.59 Å². The Kier molecular flexibility index (Phi) is 3.57. The van der Waals surface area contributed by atoms with E-state index in [0.29, 0.717) is 25.9 Å². The predicted octanol–water partition coefficient (Wildman–Crippen LogP) is 2.01. The van der Waals surface area contributed by atoms with Crippen molar-refractivity contribution in [3.63, 3.8) is 0 Å². The number of hydrogen-bond donors (Lipinski definition) is 0. The van der Waals surface area contributed by atoms with Crippen molar-refractivity contribution in [2.45, 2.75) is 26.3 Å². The van der Waals surface area contributed by atoms with Crippen LogP contribution < -0.4 is 0 Å². The zero-order chi connectivity index (χ0) is 12.3. The summed E-state index contributed by atoms with van der Waals surface area (Å²) >= 11 is 0. The normalized spacial score (nSPS) is 19.7. The first-order valence-corrected chi connectivity index (χ1v) is 6.07. The van der Waals surface area contributed by atoms with Crippen molar-refractivity contribution in [1.29, 1.82) is 0 Å². The lowest BCUT2D eigenvalue weighted by atomic mass is 10.0. The molecule has 0 aliphatic carbocycles. The molecule has 17 heavy (non-hydrogen) atoms. The second-order valence-corrected chi connectivity index (χ2v) is 4.41. The Hall–Kier alpha value is -1.64. The van der Waals surface area contributed by atoms with Gasteiger partial charge in [-0.2, -0.15) is 0 Å². The molecule has 1 unspecified atom stereocenters. The fourth-order valence-electron chi connectivity index (χ4n) is 2.24. The maximum Gasteiger partial charge on any atom is 0.233 e. The van der Waals surface area contributed by atoms with Gasteiger partial charge in [0.25, 0.3) is 0 Å². The third kappa shape index (κ3) is 2.54. The molecule has 1 aliphatic heterocycles. The maximum absolute atomic E-state index is 12.0. The van der Waals surface area contributed by atoms with Gasteiger partial charge in [0, 0.05) is 19.5 Å². The van der Waals surface area contributed by atoms with Gasteiger partial charge in [0.2, 0.25) is 5.91 Å².